The molecule has 0 bridgehead atoms. The van der Waals surface area contributed by atoms with Crippen molar-refractivity contribution in [1.29, 1.82) is 0 Å². The highest BCUT2D eigenvalue weighted by Crippen LogP contribution is 2.32. The Morgan fingerprint density at radius 1 is 1.50 bits per heavy atom. The molecule has 1 heterocycles. The number of rotatable bonds is 3. The zero-order valence-electron chi connectivity index (χ0n) is 10.1. The van der Waals surface area contributed by atoms with Crippen LogP contribution >= 0.6 is 0 Å². The lowest BCUT2D eigenvalue weighted by molar-refractivity contribution is 0.445. The molecular weight excluding hydrogens is 201 g/mol. The minimum atomic E-state index is -0.0943. The fourth-order valence-electron chi connectivity index (χ4n) is 2.76. The van der Waals surface area contributed by atoms with Crippen LogP contribution < -0.4 is 5.32 Å². The first-order chi connectivity index (χ1) is 7.72. The second kappa shape index (κ2) is 4.96. The van der Waals surface area contributed by atoms with Gasteiger partial charge in [0.05, 0.1) is 0 Å². The summed E-state index contributed by atoms with van der Waals surface area (Å²) in [7, 11) is 0. The average Bonchev–Trinajstić information content (AvgIpc) is 2.78. The third-order valence-electron chi connectivity index (χ3n) is 3.72. The molecule has 1 saturated heterocycles. The normalized spacial score (nSPS) is 22.3. The molecule has 0 aromatic heterocycles. The maximum atomic E-state index is 13.2. The zero-order valence-corrected chi connectivity index (χ0v) is 10.1. The van der Waals surface area contributed by atoms with E-state index in [1.54, 1.807) is 6.07 Å². The van der Waals surface area contributed by atoms with Crippen LogP contribution in [-0.4, -0.2) is 13.1 Å². The van der Waals surface area contributed by atoms with E-state index in [0.717, 1.165) is 31.0 Å². The topological polar surface area (TPSA) is 12.0 Å². The Hall–Kier alpha value is -0.890. The van der Waals surface area contributed by atoms with E-state index in [1.165, 1.54) is 12.0 Å². The summed E-state index contributed by atoms with van der Waals surface area (Å²) in [5.74, 6) is 1.20. The van der Waals surface area contributed by atoms with Crippen molar-refractivity contribution >= 4 is 0 Å². The van der Waals surface area contributed by atoms with E-state index in [-0.39, 0.29) is 5.82 Å². The van der Waals surface area contributed by atoms with Crippen LogP contribution in [0.15, 0.2) is 18.2 Å². The van der Waals surface area contributed by atoms with E-state index < -0.39 is 0 Å². The van der Waals surface area contributed by atoms with Crippen molar-refractivity contribution in [3.8, 4) is 0 Å². The minimum absolute atomic E-state index is 0.0943. The second-order valence-corrected chi connectivity index (χ2v) is 4.78. The fraction of sp³-hybridized carbons (Fsp3) is 0.571. The summed E-state index contributed by atoms with van der Waals surface area (Å²) in [5, 5.41) is 3.41. The number of hydrogen-bond donors (Lipinski definition) is 1. The molecule has 0 spiro atoms. The number of benzene rings is 1. The van der Waals surface area contributed by atoms with Crippen LogP contribution in [0.4, 0.5) is 4.39 Å². The molecule has 0 aliphatic carbocycles. The first kappa shape index (κ1) is 11.6. The molecule has 2 rings (SSSR count). The van der Waals surface area contributed by atoms with Gasteiger partial charge in [0.15, 0.2) is 0 Å². The monoisotopic (exact) mass is 221 g/mol. The van der Waals surface area contributed by atoms with Crippen molar-refractivity contribution < 1.29 is 4.39 Å². The first-order valence-corrected chi connectivity index (χ1v) is 6.19. The molecule has 1 N–H and O–H groups in total. The van der Waals surface area contributed by atoms with Gasteiger partial charge in [0, 0.05) is 0 Å². The molecule has 1 fully saturated rings. The van der Waals surface area contributed by atoms with E-state index >= 15 is 0 Å². The van der Waals surface area contributed by atoms with Gasteiger partial charge in [-0.3, -0.25) is 0 Å². The highest BCUT2D eigenvalue weighted by atomic mass is 19.1. The molecule has 1 aliphatic heterocycles. The summed E-state index contributed by atoms with van der Waals surface area (Å²) in [6, 6.07) is 5.58. The zero-order chi connectivity index (χ0) is 11.5. The highest BCUT2D eigenvalue weighted by Gasteiger charge is 2.24. The van der Waals surface area contributed by atoms with Gasteiger partial charge in [0.2, 0.25) is 0 Å². The van der Waals surface area contributed by atoms with Crippen molar-refractivity contribution in [2.24, 2.45) is 5.92 Å². The lowest BCUT2D eigenvalue weighted by atomic mass is 9.83. The van der Waals surface area contributed by atoms with Crippen molar-refractivity contribution in [2.45, 2.75) is 32.6 Å². The second-order valence-electron chi connectivity index (χ2n) is 4.78. The molecule has 1 aromatic rings. The van der Waals surface area contributed by atoms with Crippen LogP contribution in [0.2, 0.25) is 0 Å². The Kier molecular flexibility index (Phi) is 3.59. The smallest absolute Gasteiger partial charge is 0.126 e. The van der Waals surface area contributed by atoms with Gasteiger partial charge in [-0.25, -0.2) is 4.39 Å². The maximum Gasteiger partial charge on any atom is 0.126 e. The van der Waals surface area contributed by atoms with E-state index in [4.69, 9.17) is 0 Å². The summed E-state index contributed by atoms with van der Waals surface area (Å²) in [5.41, 5.74) is 2.07. The molecule has 1 aliphatic rings. The number of hydrogen-bond acceptors (Lipinski definition) is 1. The minimum Gasteiger partial charge on any atom is -0.316 e. The molecule has 16 heavy (non-hydrogen) atoms. The SMILES string of the molecule is CCC(c1ccc(F)c(C)c1)C1CCNC1. The Morgan fingerprint density at radius 3 is 2.88 bits per heavy atom. The van der Waals surface area contributed by atoms with Gasteiger partial charge in [-0.2, -0.15) is 0 Å². The standard InChI is InChI=1S/C14H20FN/c1-3-13(12-6-7-16-9-12)11-4-5-14(15)10(2)8-11/h4-5,8,12-13,16H,3,6-7,9H2,1-2H3. The van der Waals surface area contributed by atoms with Crippen LogP contribution in [0.3, 0.4) is 0 Å². The van der Waals surface area contributed by atoms with Gasteiger partial charge in [0.25, 0.3) is 0 Å². The van der Waals surface area contributed by atoms with E-state index in [2.05, 4.69) is 12.2 Å². The van der Waals surface area contributed by atoms with Crippen molar-refractivity contribution in [3.05, 3.63) is 35.1 Å². The molecule has 2 unspecified atom stereocenters. The number of nitrogens with one attached hydrogen (secondary N) is 1. The van der Waals surface area contributed by atoms with Gasteiger partial charge in [-0.15, -0.1) is 0 Å². The van der Waals surface area contributed by atoms with Gasteiger partial charge in [0.1, 0.15) is 5.82 Å². The summed E-state index contributed by atoms with van der Waals surface area (Å²) < 4.78 is 13.2. The van der Waals surface area contributed by atoms with Gasteiger partial charge in [-0.1, -0.05) is 19.1 Å². The average molecular weight is 221 g/mol. The van der Waals surface area contributed by atoms with Crippen molar-refractivity contribution in [1.82, 2.24) is 5.32 Å². The number of aryl methyl sites for hydroxylation is 1. The predicted molar refractivity (Wildman–Crippen MR) is 65.1 cm³/mol. The van der Waals surface area contributed by atoms with Gasteiger partial charge >= 0.3 is 0 Å². The quantitative estimate of drug-likeness (QED) is 0.826. The largest absolute Gasteiger partial charge is 0.316 e. The fourth-order valence-corrected chi connectivity index (χ4v) is 2.76. The summed E-state index contributed by atoms with van der Waals surface area (Å²) in [4.78, 5) is 0. The molecule has 2 atom stereocenters. The Morgan fingerprint density at radius 2 is 2.31 bits per heavy atom. The predicted octanol–water partition coefficient (Wildman–Crippen LogP) is 3.24. The Balaban J connectivity index is 2.22. The van der Waals surface area contributed by atoms with Gasteiger partial charge in [-0.05, 0) is 61.9 Å². The van der Waals surface area contributed by atoms with Crippen LogP contribution in [0, 0.1) is 18.7 Å². The molecule has 2 heteroatoms. The summed E-state index contributed by atoms with van der Waals surface area (Å²) in [6.45, 7) is 6.30. The van der Waals surface area contributed by atoms with Crippen LogP contribution in [-0.2, 0) is 0 Å². The Bertz CT molecular complexity index is 356. The molecule has 88 valence electrons. The molecular formula is C14H20FN. The van der Waals surface area contributed by atoms with Crippen LogP contribution in [0.5, 0.6) is 0 Å². The summed E-state index contributed by atoms with van der Waals surface area (Å²) >= 11 is 0. The van der Waals surface area contributed by atoms with E-state index in [9.17, 15) is 4.39 Å². The van der Waals surface area contributed by atoms with Gasteiger partial charge < -0.3 is 5.32 Å². The van der Waals surface area contributed by atoms with E-state index in [1.807, 2.05) is 19.1 Å². The van der Waals surface area contributed by atoms with Crippen molar-refractivity contribution in [3.63, 3.8) is 0 Å². The van der Waals surface area contributed by atoms with Crippen molar-refractivity contribution in [2.75, 3.05) is 13.1 Å². The molecule has 0 amide bonds. The van der Waals surface area contributed by atoms with Crippen LogP contribution in [0.25, 0.3) is 0 Å². The molecule has 0 radical (unpaired) electrons. The maximum absolute atomic E-state index is 13.2. The lowest BCUT2D eigenvalue weighted by Gasteiger charge is -2.22. The third kappa shape index (κ3) is 2.27. The Labute approximate surface area is 97.1 Å². The highest BCUT2D eigenvalue weighted by molar-refractivity contribution is 5.27. The first-order valence-electron chi connectivity index (χ1n) is 6.19. The molecule has 0 saturated carbocycles. The summed E-state index contributed by atoms with van der Waals surface area (Å²) in [6.07, 6.45) is 2.38. The lowest BCUT2D eigenvalue weighted by Crippen LogP contribution is -2.16. The molecule has 1 nitrogen and oxygen atoms in total. The molecule has 1 aromatic carbocycles. The third-order valence-corrected chi connectivity index (χ3v) is 3.72. The van der Waals surface area contributed by atoms with Crippen LogP contribution in [0.1, 0.15) is 36.8 Å². The number of halogens is 1. The van der Waals surface area contributed by atoms with E-state index in [0.29, 0.717) is 5.92 Å².